The van der Waals surface area contributed by atoms with Gasteiger partial charge >= 0.3 is 0 Å². The lowest BCUT2D eigenvalue weighted by atomic mass is 9.99. The average Bonchev–Trinajstić information content (AvgIpc) is 3.24. The fourth-order valence-corrected chi connectivity index (χ4v) is 4.20. The monoisotopic (exact) mass is 512 g/mol. The van der Waals surface area contributed by atoms with E-state index < -0.39 is 4.92 Å². The Morgan fingerprint density at radius 3 is 2.08 bits per heavy atom. The van der Waals surface area contributed by atoms with E-state index in [0.29, 0.717) is 22.5 Å². The highest BCUT2D eigenvalue weighted by molar-refractivity contribution is 6.37. The number of hydrogen-bond acceptors (Lipinski definition) is 5. The first-order chi connectivity index (χ1) is 17.6. The van der Waals surface area contributed by atoms with Crippen LogP contribution in [0.3, 0.4) is 0 Å². The molecule has 3 N–H and O–H groups in total. The lowest BCUT2D eigenvalue weighted by Gasteiger charge is -2.15. The Labute approximate surface area is 220 Å². The third-order valence-electron chi connectivity index (χ3n) is 6.00. The van der Waals surface area contributed by atoms with Crippen molar-refractivity contribution < 1.29 is 9.72 Å². The molecule has 0 spiro atoms. The molecule has 0 unspecified atom stereocenters. The van der Waals surface area contributed by atoms with E-state index in [1.54, 1.807) is 6.07 Å². The molecule has 37 heavy (non-hydrogen) atoms. The minimum absolute atomic E-state index is 0. The van der Waals surface area contributed by atoms with Gasteiger partial charge in [0.25, 0.3) is 11.6 Å². The van der Waals surface area contributed by atoms with Crippen LogP contribution in [-0.2, 0) is 17.9 Å². The number of nitrogens with one attached hydrogen (secondary N) is 3. The van der Waals surface area contributed by atoms with Crippen LogP contribution in [0.15, 0.2) is 103 Å². The minimum atomic E-state index is -0.457. The predicted octanol–water partition coefficient (Wildman–Crippen LogP) is 6.24. The van der Waals surface area contributed by atoms with Gasteiger partial charge in [-0.1, -0.05) is 72.8 Å². The average molecular weight is 513 g/mol. The van der Waals surface area contributed by atoms with Gasteiger partial charge in [-0.3, -0.25) is 14.9 Å². The summed E-state index contributed by atoms with van der Waals surface area (Å²) in [5, 5.41) is 21.0. The van der Waals surface area contributed by atoms with Crippen LogP contribution in [0.1, 0.15) is 22.3 Å². The van der Waals surface area contributed by atoms with E-state index in [9.17, 15) is 14.9 Å². The first-order valence-corrected chi connectivity index (χ1v) is 11.6. The molecule has 1 aliphatic heterocycles. The Bertz CT molecular complexity index is 1440. The summed E-state index contributed by atoms with van der Waals surface area (Å²) in [7, 11) is 0. The molecule has 0 saturated carbocycles. The van der Waals surface area contributed by atoms with Gasteiger partial charge in [-0.25, -0.2) is 0 Å². The van der Waals surface area contributed by atoms with Crippen molar-refractivity contribution in [1.29, 1.82) is 0 Å². The Kier molecular flexibility index (Phi) is 7.98. The number of rotatable bonds is 8. The van der Waals surface area contributed by atoms with Gasteiger partial charge in [0.2, 0.25) is 0 Å². The zero-order valence-corrected chi connectivity index (χ0v) is 20.6. The molecule has 4 aromatic carbocycles. The molecule has 186 valence electrons. The third-order valence-corrected chi connectivity index (χ3v) is 6.00. The highest BCUT2D eigenvalue weighted by Crippen LogP contribution is 2.39. The first-order valence-electron chi connectivity index (χ1n) is 11.6. The molecule has 5 rings (SSSR count). The molecular weight excluding hydrogens is 488 g/mol. The molecule has 0 atom stereocenters. The molecule has 1 amide bonds. The number of anilines is 2. The molecule has 0 radical (unpaired) electrons. The maximum Gasteiger partial charge on any atom is 0.270 e. The van der Waals surface area contributed by atoms with Crippen LogP contribution in [0.2, 0.25) is 0 Å². The van der Waals surface area contributed by atoms with Gasteiger partial charge in [-0.05, 0) is 34.9 Å². The molecular formula is C29H25ClN4O3. The summed E-state index contributed by atoms with van der Waals surface area (Å²) in [6, 6.07) is 32.1. The molecule has 1 aliphatic rings. The first kappa shape index (κ1) is 25.6. The maximum absolute atomic E-state index is 13.0. The molecule has 4 aromatic rings. The molecule has 1 heterocycles. The Balaban J connectivity index is 0.00000320. The van der Waals surface area contributed by atoms with E-state index in [1.165, 1.54) is 17.7 Å². The molecule has 0 aliphatic carbocycles. The number of fused-ring (bicyclic) bond motifs is 1. The van der Waals surface area contributed by atoms with Crippen LogP contribution < -0.4 is 16.0 Å². The van der Waals surface area contributed by atoms with Crippen LogP contribution in [0.5, 0.6) is 0 Å². The lowest BCUT2D eigenvalue weighted by molar-refractivity contribution is -0.384. The van der Waals surface area contributed by atoms with Crippen LogP contribution in [0.25, 0.3) is 11.3 Å². The van der Waals surface area contributed by atoms with Crippen molar-refractivity contribution in [3.8, 4) is 0 Å². The van der Waals surface area contributed by atoms with Gasteiger partial charge in [0.15, 0.2) is 0 Å². The Morgan fingerprint density at radius 1 is 0.811 bits per heavy atom. The highest BCUT2D eigenvalue weighted by Gasteiger charge is 2.30. The van der Waals surface area contributed by atoms with E-state index in [-0.39, 0.29) is 24.0 Å². The summed E-state index contributed by atoms with van der Waals surface area (Å²) >= 11 is 0. The molecule has 0 bridgehead atoms. The van der Waals surface area contributed by atoms with E-state index in [2.05, 4.69) is 28.1 Å². The van der Waals surface area contributed by atoms with Gasteiger partial charge in [-0.2, -0.15) is 0 Å². The lowest BCUT2D eigenvalue weighted by Crippen LogP contribution is -2.12. The maximum atomic E-state index is 13.0. The summed E-state index contributed by atoms with van der Waals surface area (Å²) < 4.78 is 0. The van der Waals surface area contributed by atoms with E-state index in [0.717, 1.165) is 29.9 Å². The minimum Gasteiger partial charge on any atom is -0.354 e. The van der Waals surface area contributed by atoms with Crippen LogP contribution >= 0.6 is 12.4 Å². The number of carbonyl (C=O) groups is 1. The second-order valence-electron chi connectivity index (χ2n) is 8.47. The van der Waals surface area contributed by atoms with Crippen molar-refractivity contribution in [2.75, 3.05) is 10.6 Å². The number of hydrogen-bond donors (Lipinski definition) is 3. The third kappa shape index (κ3) is 5.86. The summed E-state index contributed by atoms with van der Waals surface area (Å²) in [6.07, 6.45) is 0. The molecule has 0 fully saturated rings. The number of non-ortho nitro benzene ring substituents is 1. The van der Waals surface area contributed by atoms with Gasteiger partial charge in [-0.15, -0.1) is 12.4 Å². The van der Waals surface area contributed by atoms with Gasteiger partial charge in [0.1, 0.15) is 0 Å². The SMILES string of the molecule is Cl.O=C1Nc2ccc([N+](=O)[O-])cc2/C1=C(/Nc1ccc(CNCc2ccccc2)cc1)c1ccccc1. The normalized spacial score (nSPS) is 13.2. The number of nitro benzene ring substituents is 1. The predicted molar refractivity (Wildman–Crippen MR) is 149 cm³/mol. The van der Waals surface area contributed by atoms with Crippen molar-refractivity contribution in [3.63, 3.8) is 0 Å². The standard InChI is InChI=1S/C29H24N4O3.ClH/c34-29-27(25-17-24(33(35)36)15-16-26(25)32-29)28(22-9-5-2-6-10-22)31-23-13-11-21(12-14-23)19-30-18-20-7-3-1-4-8-20;/h1-17,30-31H,18-19H2,(H,32,34);1H/b28-27-;. The molecule has 8 heteroatoms. The second kappa shape index (κ2) is 11.5. The summed E-state index contributed by atoms with van der Waals surface area (Å²) in [6.45, 7) is 1.51. The van der Waals surface area contributed by atoms with Gasteiger partial charge in [0, 0.05) is 42.2 Å². The van der Waals surface area contributed by atoms with Gasteiger partial charge < -0.3 is 16.0 Å². The van der Waals surface area contributed by atoms with Crippen LogP contribution in [0.4, 0.5) is 17.1 Å². The second-order valence-corrected chi connectivity index (χ2v) is 8.47. The number of halogens is 1. The zero-order valence-electron chi connectivity index (χ0n) is 19.8. The largest absolute Gasteiger partial charge is 0.354 e. The molecule has 0 aromatic heterocycles. The van der Waals surface area contributed by atoms with Crippen LogP contribution in [-0.4, -0.2) is 10.8 Å². The summed E-state index contributed by atoms with van der Waals surface area (Å²) in [4.78, 5) is 23.9. The van der Waals surface area contributed by atoms with Crippen molar-refractivity contribution in [3.05, 3.63) is 135 Å². The topological polar surface area (TPSA) is 96.3 Å². The smallest absolute Gasteiger partial charge is 0.270 e. The Morgan fingerprint density at radius 2 is 1.43 bits per heavy atom. The van der Waals surface area contributed by atoms with Crippen molar-refractivity contribution in [1.82, 2.24) is 5.32 Å². The molecule has 7 nitrogen and oxygen atoms in total. The quantitative estimate of drug-likeness (QED) is 0.147. The van der Waals surface area contributed by atoms with Crippen molar-refractivity contribution in [2.24, 2.45) is 0 Å². The fourth-order valence-electron chi connectivity index (χ4n) is 4.20. The molecule has 0 saturated heterocycles. The van der Waals surface area contributed by atoms with Crippen LogP contribution in [0, 0.1) is 10.1 Å². The number of benzene rings is 4. The van der Waals surface area contributed by atoms with Crippen molar-refractivity contribution >= 4 is 46.6 Å². The summed E-state index contributed by atoms with van der Waals surface area (Å²) in [5.74, 6) is -0.307. The zero-order chi connectivity index (χ0) is 24.9. The fraction of sp³-hybridized carbons (Fsp3) is 0.0690. The van der Waals surface area contributed by atoms with E-state index in [4.69, 9.17) is 0 Å². The van der Waals surface area contributed by atoms with Crippen molar-refractivity contribution in [2.45, 2.75) is 13.1 Å². The number of carbonyl (C=O) groups excluding carboxylic acids is 1. The number of nitro groups is 1. The number of amides is 1. The van der Waals surface area contributed by atoms with Gasteiger partial charge in [0.05, 0.1) is 16.2 Å². The highest BCUT2D eigenvalue weighted by atomic mass is 35.5. The number of nitrogens with zero attached hydrogens (tertiary/aromatic N) is 1. The van der Waals surface area contributed by atoms with E-state index in [1.807, 2.05) is 72.8 Å². The summed E-state index contributed by atoms with van der Waals surface area (Å²) in [5.41, 5.74) is 5.90. The van der Waals surface area contributed by atoms with E-state index >= 15 is 0 Å². The Hall–Kier alpha value is -4.46.